The van der Waals surface area contributed by atoms with Crippen molar-refractivity contribution in [2.24, 2.45) is 0 Å². The molecule has 1 fully saturated rings. The van der Waals surface area contributed by atoms with E-state index in [2.05, 4.69) is 51.0 Å². The molecule has 1 aliphatic rings. The summed E-state index contributed by atoms with van der Waals surface area (Å²) in [6.45, 7) is 5.61. The summed E-state index contributed by atoms with van der Waals surface area (Å²) in [7, 11) is 0. The Kier molecular flexibility index (Phi) is 4.43. The third kappa shape index (κ3) is 3.38. The average molecular weight is 284 g/mol. The van der Waals surface area contributed by atoms with Gasteiger partial charge in [-0.3, -0.25) is 0 Å². The van der Waals surface area contributed by atoms with Gasteiger partial charge >= 0.3 is 0 Å². The maximum atomic E-state index is 4.41. The number of rotatable bonds is 6. The van der Waals surface area contributed by atoms with E-state index in [0.29, 0.717) is 0 Å². The van der Waals surface area contributed by atoms with Crippen LogP contribution >= 0.6 is 0 Å². The number of nitrogens with one attached hydrogen (secondary N) is 1. The van der Waals surface area contributed by atoms with E-state index in [9.17, 15) is 0 Å². The predicted octanol–water partition coefficient (Wildman–Crippen LogP) is 4.03. The van der Waals surface area contributed by atoms with Crippen LogP contribution in [0.1, 0.15) is 32.6 Å². The highest BCUT2D eigenvalue weighted by molar-refractivity contribution is 5.59. The van der Waals surface area contributed by atoms with E-state index in [1.807, 2.05) is 12.4 Å². The van der Waals surface area contributed by atoms with Crippen molar-refractivity contribution in [2.75, 3.05) is 23.3 Å². The van der Waals surface area contributed by atoms with Crippen LogP contribution in [0.3, 0.4) is 0 Å². The third-order valence-electron chi connectivity index (χ3n) is 4.06. The Hall–Kier alpha value is -1.97. The van der Waals surface area contributed by atoms with Crippen LogP contribution in [-0.2, 0) is 6.54 Å². The fraction of sp³-hybridized carbons (Fsp3) is 0.471. The second-order valence-corrected chi connectivity index (χ2v) is 5.66. The van der Waals surface area contributed by atoms with E-state index in [-0.39, 0.29) is 0 Å². The number of aromatic nitrogens is 2. The summed E-state index contributed by atoms with van der Waals surface area (Å²) in [6.07, 6.45) is 8.90. The molecule has 0 spiro atoms. The summed E-state index contributed by atoms with van der Waals surface area (Å²) < 4.78 is 2.18. The fourth-order valence-electron chi connectivity index (χ4n) is 2.80. The number of imidazole rings is 1. The van der Waals surface area contributed by atoms with Crippen molar-refractivity contribution in [3.8, 4) is 0 Å². The summed E-state index contributed by atoms with van der Waals surface area (Å²) >= 11 is 0. The van der Waals surface area contributed by atoms with Gasteiger partial charge in [-0.05, 0) is 43.5 Å². The zero-order chi connectivity index (χ0) is 14.5. The highest BCUT2D eigenvalue weighted by Gasteiger charge is 2.12. The molecule has 4 heteroatoms. The third-order valence-corrected chi connectivity index (χ3v) is 4.06. The molecular weight excluding hydrogens is 260 g/mol. The standard InChI is InChI=1S/C17H24N4/c1-2-3-11-21-14-10-18-17(21)19-15-6-8-16(9-7-15)20-12-4-5-13-20/h6-10,14H,2-5,11-13H2,1H3,(H,18,19). The number of benzene rings is 1. The molecule has 0 aliphatic carbocycles. The SMILES string of the molecule is CCCCn1ccnc1Nc1ccc(N2CCCC2)cc1. The number of hydrogen-bond acceptors (Lipinski definition) is 3. The van der Waals surface area contributed by atoms with Gasteiger partial charge in [-0.1, -0.05) is 13.3 Å². The van der Waals surface area contributed by atoms with E-state index < -0.39 is 0 Å². The highest BCUT2D eigenvalue weighted by Crippen LogP contribution is 2.23. The average Bonchev–Trinajstić information content (AvgIpc) is 3.18. The van der Waals surface area contributed by atoms with Gasteiger partial charge in [0, 0.05) is 43.4 Å². The highest BCUT2D eigenvalue weighted by atomic mass is 15.2. The molecule has 2 aromatic rings. The zero-order valence-corrected chi connectivity index (χ0v) is 12.8. The summed E-state index contributed by atoms with van der Waals surface area (Å²) in [4.78, 5) is 6.86. The molecule has 112 valence electrons. The number of unbranched alkanes of at least 4 members (excludes halogenated alkanes) is 1. The van der Waals surface area contributed by atoms with Crippen molar-refractivity contribution in [3.05, 3.63) is 36.7 Å². The van der Waals surface area contributed by atoms with E-state index in [1.54, 1.807) is 0 Å². The number of anilines is 3. The molecule has 21 heavy (non-hydrogen) atoms. The minimum atomic E-state index is 0.928. The van der Waals surface area contributed by atoms with Crippen molar-refractivity contribution in [2.45, 2.75) is 39.2 Å². The Bertz CT molecular complexity index is 552. The number of aryl methyl sites for hydroxylation is 1. The molecule has 0 bridgehead atoms. The summed E-state index contributed by atoms with van der Waals surface area (Å²) in [5.74, 6) is 0.928. The molecule has 4 nitrogen and oxygen atoms in total. The van der Waals surface area contributed by atoms with Gasteiger partial charge in [-0.25, -0.2) is 4.98 Å². The van der Waals surface area contributed by atoms with Gasteiger partial charge in [-0.2, -0.15) is 0 Å². The first-order chi connectivity index (χ1) is 10.4. The number of nitrogens with zero attached hydrogens (tertiary/aromatic N) is 3. The summed E-state index contributed by atoms with van der Waals surface area (Å²) in [6, 6.07) is 8.69. The second-order valence-electron chi connectivity index (χ2n) is 5.66. The molecule has 1 N–H and O–H groups in total. The first-order valence-corrected chi connectivity index (χ1v) is 8.00. The van der Waals surface area contributed by atoms with Gasteiger partial charge in [0.2, 0.25) is 5.95 Å². The molecular formula is C17H24N4. The van der Waals surface area contributed by atoms with Gasteiger partial charge in [0.1, 0.15) is 0 Å². The molecule has 1 saturated heterocycles. The van der Waals surface area contributed by atoms with Crippen LogP contribution in [0, 0.1) is 0 Å². The molecule has 0 saturated carbocycles. The Labute approximate surface area is 126 Å². The lowest BCUT2D eigenvalue weighted by Gasteiger charge is -2.18. The van der Waals surface area contributed by atoms with Crippen molar-refractivity contribution < 1.29 is 0 Å². The Morgan fingerprint density at radius 1 is 1.14 bits per heavy atom. The van der Waals surface area contributed by atoms with E-state index >= 15 is 0 Å². The molecule has 0 radical (unpaired) electrons. The van der Waals surface area contributed by atoms with Gasteiger partial charge in [0.25, 0.3) is 0 Å². The van der Waals surface area contributed by atoms with Crippen LogP contribution in [0.15, 0.2) is 36.7 Å². The molecule has 1 aromatic carbocycles. The van der Waals surface area contributed by atoms with E-state index in [0.717, 1.165) is 18.2 Å². The van der Waals surface area contributed by atoms with Crippen LogP contribution in [0.4, 0.5) is 17.3 Å². The maximum Gasteiger partial charge on any atom is 0.207 e. The largest absolute Gasteiger partial charge is 0.372 e. The molecule has 3 rings (SSSR count). The first kappa shape index (κ1) is 14.0. The van der Waals surface area contributed by atoms with Gasteiger partial charge in [0.05, 0.1) is 0 Å². The molecule has 0 unspecified atom stereocenters. The summed E-state index contributed by atoms with van der Waals surface area (Å²) in [5.41, 5.74) is 2.43. The van der Waals surface area contributed by atoms with E-state index in [4.69, 9.17) is 0 Å². The van der Waals surface area contributed by atoms with Gasteiger partial charge in [0.15, 0.2) is 0 Å². The van der Waals surface area contributed by atoms with Crippen molar-refractivity contribution in [1.82, 2.24) is 9.55 Å². The molecule has 1 aromatic heterocycles. The van der Waals surface area contributed by atoms with Crippen molar-refractivity contribution in [1.29, 1.82) is 0 Å². The van der Waals surface area contributed by atoms with Gasteiger partial charge < -0.3 is 14.8 Å². The zero-order valence-electron chi connectivity index (χ0n) is 12.8. The molecule has 0 atom stereocenters. The summed E-state index contributed by atoms with van der Waals surface area (Å²) in [5, 5.41) is 3.41. The Morgan fingerprint density at radius 2 is 1.90 bits per heavy atom. The predicted molar refractivity (Wildman–Crippen MR) is 88.3 cm³/mol. The monoisotopic (exact) mass is 284 g/mol. The quantitative estimate of drug-likeness (QED) is 0.869. The van der Waals surface area contributed by atoms with Crippen LogP contribution in [-0.4, -0.2) is 22.6 Å². The van der Waals surface area contributed by atoms with Crippen LogP contribution in [0.2, 0.25) is 0 Å². The Morgan fingerprint density at radius 3 is 2.62 bits per heavy atom. The lowest BCUT2D eigenvalue weighted by atomic mass is 10.2. The topological polar surface area (TPSA) is 33.1 Å². The van der Waals surface area contributed by atoms with E-state index in [1.165, 1.54) is 44.5 Å². The van der Waals surface area contributed by atoms with Crippen molar-refractivity contribution in [3.63, 3.8) is 0 Å². The minimum Gasteiger partial charge on any atom is -0.372 e. The second kappa shape index (κ2) is 6.66. The molecule has 0 amide bonds. The number of hydrogen-bond donors (Lipinski definition) is 1. The van der Waals surface area contributed by atoms with Crippen molar-refractivity contribution >= 4 is 17.3 Å². The lowest BCUT2D eigenvalue weighted by molar-refractivity contribution is 0.638. The Balaban J connectivity index is 1.66. The molecule has 1 aliphatic heterocycles. The van der Waals surface area contributed by atoms with Crippen LogP contribution in [0.5, 0.6) is 0 Å². The molecule has 2 heterocycles. The smallest absolute Gasteiger partial charge is 0.207 e. The minimum absolute atomic E-state index is 0.928. The maximum absolute atomic E-state index is 4.41. The van der Waals surface area contributed by atoms with Crippen LogP contribution in [0.25, 0.3) is 0 Å². The lowest BCUT2D eigenvalue weighted by Crippen LogP contribution is -2.17. The van der Waals surface area contributed by atoms with Gasteiger partial charge in [-0.15, -0.1) is 0 Å². The van der Waals surface area contributed by atoms with Crippen LogP contribution < -0.4 is 10.2 Å². The normalized spacial score (nSPS) is 14.6. The first-order valence-electron chi connectivity index (χ1n) is 8.00. The fourth-order valence-corrected chi connectivity index (χ4v) is 2.80.